The summed E-state index contributed by atoms with van der Waals surface area (Å²) in [5.74, 6) is 0.601. The van der Waals surface area contributed by atoms with E-state index in [2.05, 4.69) is 15.3 Å². The highest BCUT2D eigenvalue weighted by atomic mass is 16.3. The molecule has 1 aliphatic rings. The SMILES string of the molecule is OCC1C(O)CC(NCc2ccccn2)C1Cc1ccnc(-c2ccccc2)n1. The van der Waals surface area contributed by atoms with Crippen molar-refractivity contribution in [3.05, 3.63) is 78.4 Å². The normalized spacial score (nSPS) is 23.9. The molecule has 1 fully saturated rings. The van der Waals surface area contributed by atoms with Crippen molar-refractivity contribution in [1.82, 2.24) is 20.3 Å². The average molecular weight is 390 g/mol. The van der Waals surface area contributed by atoms with Gasteiger partial charge in [-0.15, -0.1) is 0 Å². The van der Waals surface area contributed by atoms with Crippen LogP contribution in [0, 0.1) is 11.8 Å². The minimum absolute atomic E-state index is 0.0375. The molecule has 150 valence electrons. The van der Waals surface area contributed by atoms with E-state index in [9.17, 15) is 10.2 Å². The van der Waals surface area contributed by atoms with Gasteiger partial charge in [0.2, 0.25) is 0 Å². The lowest BCUT2D eigenvalue weighted by atomic mass is 9.88. The first kappa shape index (κ1) is 19.6. The molecule has 29 heavy (non-hydrogen) atoms. The Kier molecular flexibility index (Phi) is 6.24. The van der Waals surface area contributed by atoms with Crippen molar-refractivity contribution in [2.24, 2.45) is 11.8 Å². The van der Waals surface area contributed by atoms with Gasteiger partial charge in [-0.2, -0.15) is 0 Å². The van der Waals surface area contributed by atoms with Crippen LogP contribution in [-0.4, -0.2) is 43.9 Å². The summed E-state index contributed by atoms with van der Waals surface area (Å²) in [6, 6.07) is 17.7. The number of aliphatic hydroxyl groups excluding tert-OH is 2. The molecule has 0 radical (unpaired) electrons. The second kappa shape index (κ2) is 9.22. The summed E-state index contributed by atoms with van der Waals surface area (Å²) in [5.41, 5.74) is 2.85. The molecule has 3 aromatic rings. The predicted octanol–water partition coefficient (Wildman–Crippen LogP) is 2.23. The highest BCUT2D eigenvalue weighted by Gasteiger charge is 2.42. The summed E-state index contributed by atoms with van der Waals surface area (Å²) in [6.45, 7) is 0.593. The number of benzene rings is 1. The van der Waals surface area contributed by atoms with Crippen molar-refractivity contribution in [3.63, 3.8) is 0 Å². The van der Waals surface area contributed by atoms with Crippen LogP contribution in [0.2, 0.25) is 0 Å². The molecule has 4 atom stereocenters. The zero-order valence-corrected chi connectivity index (χ0v) is 16.2. The quantitative estimate of drug-likeness (QED) is 0.573. The maximum absolute atomic E-state index is 10.5. The Hall–Kier alpha value is -2.67. The second-order valence-electron chi connectivity index (χ2n) is 7.56. The molecular formula is C23H26N4O2. The lowest BCUT2D eigenvalue weighted by molar-refractivity contribution is 0.0716. The molecule has 0 saturated heterocycles. The van der Waals surface area contributed by atoms with Gasteiger partial charge in [-0.05, 0) is 37.0 Å². The Morgan fingerprint density at radius 3 is 2.48 bits per heavy atom. The van der Waals surface area contributed by atoms with Gasteiger partial charge in [0, 0.05) is 48.8 Å². The van der Waals surface area contributed by atoms with Crippen molar-refractivity contribution < 1.29 is 10.2 Å². The van der Waals surface area contributed by atoms with Gasteiger partial charge in [-0.3, -0.25) is 4.98 Å². The summed E-state index contributed by atoms with van der Waals surface area (Å²) in [6.07, 6.45) is 4.31. The van der Waals surface area contributed by atoms with Gasteiger partial charge >= 0.3 is 0 Å². The third-order valence-electron chi connectivity index (χ3n) is 5.73. The molecule has 0 amide bonds. The number of aromatic nitrogens is 3. The molecule has 1 aromatic carbocycles. The fourth-order valence-corrected chi connectivity index (χ4v) is 4.19. The van der Waals surface area contributed by atoms with Crippen LogP contribution in [0.25, 0.3) is 11.4 Å². The van der Waals surface area contributed by atoms with E-state index in [0.29, 0.717) is 25.2 Å². The van der Waals surface area contributed by atoms with Crippen LogP contribution in [-0.2, 0) is 13.0 Å². The van der Waals surface area contributed by atoms with Crippen molar-refractivity contribution in [1.29, 1.82) is 0 Å². The minimum Gasteiger partial charge on any atom is -0.396 e. The number of nitrogens with zero attached hydrogens (tertiary/aromatic N) is 3. The van der Waals surface area contributed by atoms with Gasteiger partial charge in [0.05, 0.1) is 11.8 Å². The number of hydrogen-bond acceptors (Lipinski definition) is 6. The average Bonchev–Trinajstić information content (AvgIpc) is 3.07. The molecule has 2 heterocycles. The molecule has 4 unspecified atom stereocenters. The van der Waals surface area contributed by atoms with E-state index in [0.717, 1.165) is 17.0 Å². The van der Waals surface area contributed by atoms with Crippen molar-refractivity contribution in [2.75, 3.05) is 6.61 Å². The van der Waals surface area contributed by atoms with Gasteiger partial charge in [-0.25, -0.2) is 9.97 Å². The highest BCUT2D eigenvalue weighted by molar-refractivity contribution is 5.54. The number of rotatable bonds is 7. The lowest BCUT2D eigenvalue weighted by Crippen LogP contribution is -2.36. The molecule has 2 aromatic heterocycles. The Morgan fingerprint density at radius 2 is 1.72 bits per heavy atom. The Bertz CT molecular complexity index is 907. The fraction of sp³-hybridized carbons (Fsp3) is 0.348. The molecule has 0 aliphatic heterocycles. The molecular weight excluding hydrogens is 364 g/mol. The topological polar surface area (TPSA) is 91.2 Å². The summed E-state index contributed by atoms with van der Waals surface area (Å²) in [4.78, 5) is 13.5. The minimum atomic E-state index is -0.526. The van der Waals surface area contributed by atoms with Gasteiger partial charge in [0.15, 0.2) is 5.82 Å². The van der Waals surface area contributed by atoms with Crippen molar-refractivity contribution >= 4 is 0 Å². The highest BCUT2D eigenvalue weighted by Crippen LogP contribution is 2.35. The van der Waals surface area contributed by atoms with E-state index in [1.807, 2.05) is 54.6 Å². The van der Waals surface area contributed by atoms with Crippen LogP contribution in [0.5, 0.6) is 0 Å². The first-order valence-corrected chi connectivity index (χ1v) is 10.0. The molecule has 6 nitrogen and oxygen atoms in total. The third-order valence-corrected chi connectivity index (χ3v) is 5.73. The summed E-state index contributed by atoms with van der Waals surface area (Å²) in [7, 11) is 0. The monoisotopic (exact) mass is 390 g/mol. The van der Waals surface area contributed by atoms with Gasteiger partial charge in [0.25, 0.3) is 0 Å². The van der Waals surface area contributed by atoms with Crippen LogP contribution in [0.15, 0.2) is 67.0 Å². The number of hydrogen-bond donors (Lipinski definition) is 3. The van der Waals surface area contributed by atoms with Crippen LogP contribution in [0.4, 0.5) is 0 Å². The van der Waals surface area contributed by atoms with E-state index < -0.39 is 6.10 Å². The number of nitrogens with one attached hydrogen (secondary N) is 1. The summed E-state index contributed by atoms with van der Waals surface area (Å²) < 4.78 is 0. The Morgan fingerprint density at radius 1 is 0.897 bits per heavy atom. The summed E-state index contributed by atoms with van der Waals surface area (Å²) >= 11 is 0. The largest absolute Gasteiger partial charge is 0.396 e. The molecule has 0 bridgehead atoms. The van der Waals surface area contributed by atoms with E-state index in [1.165, 1.54) is 0 Å². The first-order valence-electron chi connectivity index (χ1n) is 10.0. The lowest BCUT2D eigenvalue weighted by Gasteiger charge is -2.25. The van der Waals surface area contributed by atoms with Crippen LogP contribution in [0.3, 0.4) is 0 Å². The fourth-order valence-electron chi connectivity index (χ4n) is 4.19. The molecule has 0 spiro atoms. The van der Waals surface area contributed by atoms with Crippen molar-refractivity contribution in [3.8, 4) is 11.4 Å². The maximum Gasteiger partial charge on any atom is 0.159 e. The van der Waals surface area contributed by atoms with E-state index in [1.54, 1.807) is 12.4 Å². The predicted molar refractivity (Wildman–Crippen MR) is 111 cm³/mol. The maximum atomic E-state index is 10.5. The molecule has 1 saturated carbocycles. The zero-order chi connectivity index (χ0) is 20.1. The van der Waals surface area contributed by atoms with Crippen LogP contribution < -0.4 is 5.32 Å². The molecule has 1 aliphatic carbocycles. The smallest absolute Gasteiger partial charge is 0.159 e. The number of pyridine rings is 1. The van der Waals surface area contributed by atoms with Crippen LogP contribution >= 0.6 is 0 Å². The van der Waals surface area contributed by atoms with E-state index in [-0.39, 0.29) is 24.5 Å². The van der Waals surface area contributed by atoms with E-state index in [4.69, 9.17) is 4.98 Å². The Balaban J connectivity index is 1.51. The van der Waals surface area contributed by atoms with E-state index >= 15 is 0 Å². The zero-order valence-electron chi connectivity index (χ0n) is 16.2. The van der Waals surface area contributed by atoms with Crippen molar-refractivity contribution in [2.45, 2.75) is 31.5 Å². The summed E-state index contributed by atoms with van der Waals surface area (Å²) in [5, 5.41) is 23.9. The third kappa shape index (κ3) is 4.67. The second-order valence-corrected chi connectivity index (χ2v) is 7.56. The van der Waals surface area contributed by atoms with Gasteiger partial charge in [0.1, 0.15) is 0 Å². The molecule has 3 N–H and O–H groups in total. The standard InChI is InChI=1S/C23H26N4O2/c28-15-20-19(21(13-22(20)29)26-14-18-8-4-5-10-24-18)12-17-9-11-25-23(27-17)16-6-2-1-3-7-16/h1-11,19-22,26,28-29H,12-15H2. The number of aliphatic hydroxyl groups is 2. The van der Waals surface area contributed by atoms with Crippen LogP contribution in [0.1, 0.15) is 17.8 Å². The first-order chi connectivity index (χ1) is 14.2. The Labute approximate surface area is 170 Å². The molecule has 6 heteroatoms. The van der Waals surface area contributed by atoms with Gasteiger partial charge < -0.3 is 15.5 Å². The molecule has 4 rings (SSSR count). The van der Waals surface area contributed by atoms with Gasteiger partial charge in [-0.1, -0.05) is 36.4 Å².